The van der Waals surface area contributed by atoms with Crippen LogP contribution >= 0.6 is 0 Å². The Bertz CT molecular complexity index is 665. The fourth-order valence-electron chi connectivity index (χ4n) is 1.96. The van der Waals surface area contributed by atoms with Crippen LogP contribution in [0.4, 0.5) is 18.9 Å². The van der Waals surface area contributed by atoms with Crippen molar-refractivity contribution >= 4 is 11.6 Å². The summed E-state index contributed by atoms with van der Waals surface area (Å²) < 4.78 is 41.9. The Morgan fingerprint density at radius 2 is 1.87 bits per heavy atom. The van der Waals surface area contributed by atoms with Crippen molar-refractivity contribution in [1.29, 1.82) is 0 Å². The minimum Gasteiger partial charge on any atom is -0.432 e. The van der Waals surface area contributed by atoms with Crippen LogP contribution in [0.5, 0.6) is 5.75 Å². The van der Waals surface area contributed by atoms with Crippen LogP contribution in [0.3, 0.4) is 0 Å². The van der Waals surface area contributed by atoms with Crippen LogP contribution < -0.4 is 10.1 Å². The fourth-order valence-corrected chi connectivity index (χ4v) is 1.96. The molecule has 2 N–H and O–H groups in total. The quantitative estimate of drug-likeness (QED) is 0.855. The summed E-state index contributed by atoms with van der Waals surface area (Å²) in [5.41, 5.74) is 0.447. The molecule has 0 saturated carbocycles. The van der Waals surface area contributed by atoms with Crippen molar-refractivity contribution in [2.45, 2.75) is 19.1 Å². The summed E-state index contributed by atoms with van der Waals surface area (Å²) in [5, 5.41) is 12.3. The molecule has 7 heteroatoms. The average Bonchev–Trinajstić information content (AvgIpc) is 2.50. The van der Waals surface area contributed by atoms with E-state index in [9.17, 15) is 23.1 Å². The van der Waals surface area contributed by atoms with E-state index in [4.69, 9.17) is 0 Å². The first-order valence-electron chi connectivity index (χ1n) is 6.73. The van der Waals surface area contributed by atoms with E-state index in [0.29, 0.717) is 5.56 Å². The second-order valence-electron chi connectivity index (χ2n) is 4.70. The highest BCUT2D eigenvalue weighted by atomic mass is 19.3. The van der Waals surface area contributed by atoms with Crippen LogP contribution in [-0.2, 0) is 4.79 Å². The average molecular weight is 325 g/mol. The predicted molar refractivity (Wildman–Crippen MR) is 77.7 cm³/mol. The monoisotopic (exact) mass is 325 g/mol. The Morgan fingerprint density at radius 1 is 1.17 bits per heavy atom. The topological polar surface area (TPSA) is 58.6 Å². The van der Waals surface area contributed by atoms with Gasteiger partial charge in [0.1, 0.15) is 5.82 Å². The van der Waals surface area contributed by atoms with Crippen LogP contribution in [0.15, 0.2) is 48.5 Å². The molecule has 0 radical (unpaired) electrons. The molecular weight excluding hydrogens is 311 g/mol. The van der Waals surface area contributed by atoms with Gasteiger partial charge in [0.05, 0.1) is 18.2 Å². The fraction of sp³-hybridized carbons (Fsp3) is 0.188. The summed E-state index contributed by atoms with van der Waals surface area (Å²) in [5.74, 6) is -1.88. The van der Waals surface area contributed by atoms with Gasteiger partial charge in [-0.05, 0) is 17.7 Å². The molecule has 0 spiro atoms. The highest BCUT2D eigenvalue weighted by Crippen LogP contribution is 2.28. The van der Waals surface area contributed by atoms with Gasteiger partial charge in [0.2, 0.25) is 5.91 Å². The van der Waals surface area contributed by atoms with E-state index >= 15 is 0 Å². The highest BCUT2D eigenvalue weighted by molar-refractivity contribution is 5.92. The number of aliphatic hydroxyl groups excluding tert-OH is 1. The number of rotatable bonds is 6. The van der Waals surface area contributed by atoms with Crippen molar-refractivity contribution < 1.29 is 27.8 Å². The molecule has 0 aliphatic heterocycles. The molecule has 4 nitrogen and oxygen atoms in total. The Labute approximate surface area is 130 Å². The minimum absolute atomic E-state index is 0.100. The number of aliphatic hydroxyl groups is 1. The summed E-state index contributed by atoms with van der Waals surface area (Å²) in [6, 6.07) is 11.4. The molecule has 0 bridgehead atoms. The second-order valence-corrected chi connectivity index (χ2v) is 4.70. The van der Waals surface area contributed by atoms with Gasteiger partial charge in [-0.25, -0.2) is 4.39 Å². The molecule has 0 aliphatic carbocycles. The van der Waals surface area contributed by atoms with Gasteiger partial charge in [-0.3, -0.25) is 4.79 Å². The van der Waals surface area contributed by atoms with E-state index < -0.39 is 30.2 Å². The summed E-state index contributed by atoms with van der Waals surface area (Å²) >= 11 is 0. The maximum atomic E-state index is 13.1. The van der Waals surface area contributed by atoms with Crippen LogP contribution in [0.25, 0.3) is 0 Å². The molecule has 122 valence electrons. The van der Waals surface area contributed by atoms with E-state index in [-0.39, 0.29) is 12.1 Å². The highest BCUT2D eigenvalue weighted by Gasteiger charge is 2.16. The number of nitrogens with one attached hydrogen (secondary N) is 1. The summed E-state index contributed by atoms with van der Waals surface area (Å²) in [6.45, 7) is -3.15. The van der Waals surface area contributed by atoms with Crippen LogP contribution in [0.2, 0.25) is 0 Å². The van der Waals surface area contributed by atoms with Gasteiger partial charge in [-0.15, -0.1) is 0 Å². The first-order chi connectivity index (χ1) is 11.0. The molecule has 0 aliphatic rings. The van der Waals surface area contributed by atoms with E-state index in [1.807, 2.05) is 0 Å². The van der Waals surface area contributed by atoms with Crippen molar-refractivity contribution in [2.24, 2.45) is 0 Å². The zero-order valence-corrected chi connectivity index (χ0v) is 11.9. The number of alkyl halides is 2. The Balaban J connectivity index is 2.05. The van der Waals surface area contributed by atoms with Crippen molar-refractivity contribution in [3.8, 4) is 5.75 Å². The number of ether oxygens (including phenoxy) is 1. The molecule has 0 heterocycles. The third kappa shape index (κ3) is 5.00. The summed E-state index contributed by atoms with van der Waals surface area (Å²) in [6.07, 6.45) is -1.33. The predicted octanol–water partition coefficient (Wildman–Crippen LogP) is 3.49. The van der Waals surface area contributed by atoms with Crippen LogP contribution in [-0.4, -0.2) is 17.6 Å². The summed E-state index contributed by atoms with van der Waals surface area (Å²) in [4.78, 5) is 11.9. The number of benzene rings is 2. The maximum Gasteiger partial charge on any atom is 0.387 e. The first kappa shape index (κ1) is 16.8. The molecule has 1 unspecified atom stereocenters. The van der Waals surface area contributed by atoms with E-state index in [0.717, 1.165) is 18.2 Å². The van der Waals surface area contributed by atoms with Gasteiger partial charge in [-0.2, -0.15) is 8.78 Å². The van der Waals surface area contributed by atoms with E-state index in [2.05, 4.69) is 10.1 Å². The molecule has 23 heavy (non-hydrogen) atoms. The number of carbonyl (C=O) groups excluding carboxylic acids is 1. The molecule has 0 saturated heterocycles. The Morgan fingerprint density at radius 3 is 2.52 bits per heavy atom. The molecule has 2 rings (SSSR count). The summed E-state index contributed by atoms with van der Waals surface area (Å²) in [7, 11) is 0. The van der Waals surface area contributed by atoms with Crippen molar-refractivity contribution in [3.05, 3.63) is 59.9 Å². The molecular formula is C16H14F3NO3. The van der Waals surface area contributed by atoms with Crippen molar-refractivity contribution in [2.75, 3.05) is 5.32 Å². The molecule has 2 aromatic carbocycles. The Kier molecular flexibility index (Phi) is 5.59. The van der Waals surface area contributed by atoms with E-state index in [1.165, 1.54) is 0 Å². The Hall–Kier alpha value is -2.54. The second kappa shape index (κ2) is 7.64. The van der Waals surface area contributed by atoms with Crippen LogP contribution in [0.1, 0.15) is 18.1 Å². The molecule has 1 atom stereocenters. The zero-order valence-electron chi connectivity index (χ0n) is 11.9. The van der Waals surface area contributed by atoms with Gasteiger partial charge in [0.25, 0.3) is 0 Å². The number of anilines is 1. The normalized spacial score (nSPS) is 12.0. The number of amides is 1. The van der Waals surface area contributed by atoms with Gasteiger partial charge in [-0.1, -0.05) is 30.3 Å². The lowest BCUT2D eigenvalue weighted by atomic mass is 10.1. The van der Waals surface area contributed by atoms with Gasteiger partial charge >= 0.3 is 6.61 Å². The maximum absolute atomic E-state index is 13.1. The molecule has 1 amide bonds. The lowest BCUT2D eigenvalue weighted by Crippen LogP contribution is -2.16. The van der Waals surface area contributed by atoms with Crippen molar-refractivity contribution in [1.82, 2.24) is 0 Å². The first-order valence-corrected chi connectivity index (χ1v) is 6.73. The molecule has 0 fully saturated rings. The van der Waals surface area contributed by atoms with Gasteiger partial charge < -0.3 is 15.2 Å². The zero-order chi connectivity index (χ0) is 16.8. The molecule has 2 aromatic rings. The van der Waals surface area contributed by atoms with E-state index in [1.54, 1.807) is 30.3 Å². The third-order valence-electron chi connectivity index (χ3n) is 3.00. The van der Waals surface area contributed by atoms with Crippen LogP contribution in [0, 0.1) is 5.82 Å². The number of carbonyl (C=O) groups is 1. The SMILES string of the molecule is O=C(CC(O)c1ccccc1)Nc1ccc(F)cc1OC(F)F. The lowest BCUT2D eigenvalue weighted by molar-refractivity contribution is -0.118. The minimum atomic E-state index is -3.15. The number of hydrogen-bond acceptors (Lipinski definition) is 3. The standard InChI is InChI=1S/C16H14F3NO3/c17-11-6-7-12(14(8-11)23-16(18)19)20-15(22)9-13(21)10-4-2-1-3-5-10/h1-8,13,16,21H,9H2,(H,20,22). The largest absolute Gasteiger partial charge is 0.432 e. The van der Waals surface area contributed by atoms with Gasteiger partial charge in [0.15, 0.2) is 5.75 Å². The smallest absolute Gasteiger partial charge is 0.387 e. The van der Waals surface area contributed by atoms with Gasteiger partial charge in [0, 0.05) is 6.07 Å². The number of halogens is 3. The number of hydrogen-bond donors (Lipinski definition) is 2. The van der Waals surface area contributed by atoms with Crippen molar-refractivity contribution in [3.63, 3.8) is 0 Å². The third-order valence-corrected chi connectivity index (χ3v) is 3.00. The molecule has 0 aromatic heterocycles. The lowest BCUT2D eigenvalue weighted by Gasteiger charge is -2.14.